The highest BCUT2D eigenvalue weighted by Crippen LogP contribution is 2.17. The normalized spacial score (nSPS) is 17.3. The van der Waals surface area contributed by atoms with E-state index in [0.29, 0.717) is 17.2 Å². The van der Waals surface area contributed by atoms with E-state index in [-0.39, 0.29) is 11.9 Å². The van der Waals surface area contributed by atoms with Crippen molar-refractivity contribution < 1.29 is 13.2 Å². The zero-order valence-corrected chi connectivity index (χ0v) is 12.5. The number of benzene rings is 1. The number of hydrogen-bond acceptors (Lipinski definition) is 4. The predicted octanol–water partition coefficient (Wildman–Crippen LogP) is 0.877. The highest BCUT2D eigenvalue weighted by Gasteiger charge is 2.21. The highest BCUT2D eigenvalue weighted by molar-refractivity contribution is 7.90. The predicted molar refractivity (Wildman–Crippen MR) is 77.1 cm³/mol. The van der Waals surface area contributed by atoms with E-state index in [1.807, 2.05) is 6.92 Å². The van der Waals surface area contributed by atoms with Crippen molar-refractivity contribution in [3.05, 3.63) is 29.8 Å². The van der Waals surface area contributed by atoms with Crippen molar-refractivity contribution in [3.8, 4) is 0 Å². The molecule has 5 nitrogen and oxygen atoms in total. The summed E-state index contributed by atoms with van der Waals surface area (Å²) < 4.78 is 22.8. The second-order valence-corrected chi connectivity index (χ2v) is 7.37. The van der Waals surface area contributed by atoms with E-state index in [4.69, 9.17) is 0 Å². The van der Waals surface area contributed by atoms with Crippen LogP contribution in [0.4, 0.5) is 0 Å². The van der Waals surface area contributed by atoms with Crippen LogP contribution in [-0.2, 0) is 14.6 Å². The Morgan fingerprint density at radius 2 is 1.95 bits per heavy atom. The molecule has 0 saturated carbocycles. The van der Waals surface area contributed by atoms with Crippen molar-refractivity contribution in [2.24, 2.45) is 5.92 Å². The monoisotopic (exact) mass is 296 g/mol. The number of rotatable bonds is 5. The summed E-state index contributed by atoms with van der Waals surface area (Å²) in [6.45, 7) is 3.71. The molecular formula is C14H20N2O3S. The lowest BCUT2D eigenvalue weighted by Crippen LogP contribution is -2.44. The highest BCUT2D eigenvalue weighted by atomic mass is 32.2. The maximum Gasteiger partial charge on any atom is 0.220 e. The van der Waals surface area contributed by atoms with E-state index in [9.17, 15) is 13.2 Å². The lowest BCUT2D eigenvalue weighted by atomic mass is 9.98. The second-order valence-electron chi connectivity index (χ2n) is 5.36. The molecule has 0 bridgehead atoms. The molecule has 110 valence electrons. The van der Waals surface area contributed by atoms with Gasteiger partial charge in [-0.25, -0.2) is 8.42 Å². The number of nitrogens with one attached hydrogen (secondary N) is 2. The van der Waals surface area contributed by atoms with Crippen LogP contribution in [0.5, 0.6) is 0 Å². The second kappa shape index (κ2) is 5.93. The minimum Gasteiger partial charge on any atom is -0.350 e. The first-order chi connectivity index (χ1) is 9.36. The molecule has 1 aliphatic rings. The molecule has 1 aromatic carbocycles. The van der Waals surface area contributed by atoms with Gasteiger partial charge >= 0.3 is 0 Å². The van der Waals surface area contributed by atoms with Crippen molar-refractivity contribution in [2.45, 2.75) is 24.3 Å². The molecular weight excluding hydrogens is 276 g/mol. The van der Waals surface area contributed by atoms with Gasteiger partial charge in [-0.05, 0) is 43.6 Å². The number of carbonyl (C=O) groups is 1. The Morgan fingerprint density at radius 1 is 1.35 bits per heavy atom. The van der Waals surface area contributed by atoms with Gasteiger partial charge in [0.15, 0.2) is 9.84 Å². The molecule has 1 aromatic rings. The van der Waals surface area contributed by atoms with Gasteiger partial charge in [0.2, 0.25) is 5.91 Å². The van der Waals surface area contributed by atoms with Gasteiger partial charge in [0, 0.05) is 12.7 Å². The van der Waals surface area contributed by atoms with E-state index in [0.717, 1.165) is 18.7 Å². The fourth-order valence-corrected chi connectivity index (χ4v) is 2.77. The molecule has 1 saturated heterocycles. The molecule has 2 rings (SSSR count). The summed E-state index contributed by atoms with van der Waals surface area (Å²) in [4.78, 5) is 12.1. The fraction of sp³-hybridized carbons (Fsp3) is 0.500. The molecule has 0 aromatic heterocycles. The van der Waals surface area contributed by atoms with Gasteiger partial charge in [-0.1, -0.05) is 12.1 Å². The molecule has 1 aliphatic heterocycles. The Labute approximate surface area is 119 Å². The number of sulfone groups is 1. The molecule has 20 heavy (non-hydrogen) atoms. The zero-order valence-electron chi connectivity index (χ0n) is 11.7. The summed E-state index contributed by atoms with van der Waals surface area (Å²) in [6.07, 6.45) is 1.72. The van der Waals surface area contributed by atoms with Gasteiger partial charge in [0.05, 0.1) is 10.9 Å². The minimum absolute atomic E-state index is 0.0381. The summed E-state index contributed by atoms with van der Waals surface area (Å²) in [6, 6.07) is 6.51. The van der Waals surface area contributed by atoms with Gasteiger partial charge in [-0.15, -0.1) is 0 Å². The Morgan fingerprint density at radius 3 is 2.40 bits per heavy atom. The van der Waals surface area contributed by atoms with Crippen LogP contribution < -0.4 is 10.6 Å². The average Bonchev–Trinajstić information content (AvgIpc) is 2.33. The Kier molecular flexibility index (Phi) is 4.45. The van der Waals surface area contributed by atoms with Crippen LogP contribution in [0.15, 0.2) is 29.2 Å². The minimum atomic E-state index is -3.17. The molecule has 6 heteroatoms. The largest absolute Gasteiger partial charge is 0.350 e. The van der Waals surface area contributed by atoms with Crippen LogP contribution in [-0.4, -0.2) is 33.7 Å². The first-order valence-corrected chi connectivity index (χ1v) is 8.55. The van der Waals surface area contributed by atoms with E-state index in [1.54, 1.807) is 24.3 Å². The Hall–Kier alpha value is -1.40. The molecule has 0 aliphatic carbocycles. The molecule has 1 unspecified atom stereocenters. The van der Waals surface area contributed by atoms with Crippen molar-refractivity contribution >= 4 is 15.7 Å². The van der Waals surface area contributed by atoms with Crippen molar-refractivity contribution in [1.29, 1.82) is 0 Å². The maximum absolute atomic E-state index is 11.8. The van der Waals surface area contributed by atoms with Crippen LogP contribution >= 0.6 is 0 Å². The zero-order chi connectivity index (χ0) is 14.8. The number of hydrogen-bond donors (Lipinski definition) is 2. The van der Waals surface area contributed by atoms with E-state index in [2.05, 4.69) is 10.6 Å². The van der Waals surface area contributed by atoms with Crippen molar-refractivity contribution in [1.82, 2.24) is 10.6 Å². The summed E-state index contributed by atoms with van der Waals surface area (Å²) >= 11 is 0. The summed E-state index contributed by atoms with van der Waals surface area (Å²) in [7, 11) is -3.17. The smallest absolute Gasteiger partial charge is 0.220 e. The molecule has 2 N–H and O–H groups in total. The third-order valence-electron chi connectivity index (χ3n) is 3.53. The van der Waals surface area contributed by atoms with Gasteiger partial charge < -0.3 is 10.6 Å². The standard InChI is InChI=1S/C14H20N2O3S/c1-10(16-14(17)7-11-8-15-9-11)12-3-5-13(6-4-12)20(2,18)19/h3-6,10-11,15H,7-9H2,1-2H3,(H,16,17). The van der Waals surface area contributed by atoms with Crippen LogP contribution in [0.1, 0.15) is 24.9 Å². The van der Waals surface area contributed by atoms with Gasteiger partial charge in [-0.2, -0.15) is 0 Å². The summed E-state index contributed by atoms with van der Waals surface area (Å²) in [5.74, 6) is 0.478. The first-order valence-electron chi connectivity index (χ1n) is 6.66. The van der Waals surface area contributed by atoms with Crippen molar-refractivity contribution in [3.63, 3.8) is 0 Å². The topological polar surface area (TPSA) is 75.3 Å². The SMILES string of the molecule is CC(NC(=O)CC1CNC1)c1ccc(S(C)(=O)=O)cc1. The Balaban J connectivity index is 1.94. The lowest BCUT2D eigenvalue weighted by molar-refractivity contribution is -0.123. The maximum atomic E-state index is 11.8. The first kappa shape index (κ1) is 15.0. The lowest BCUT2D eigenvalue weighted by Gasteiger charge is -2.27. The van der Waals surface area contributed by atoms with E-state index >= 15 is 0 Å². The molecule has 1 fully saturated rings. The van der Waals surface area contributed by atoms with E-state index < -0.39 is 9.84 Å². The van der Waals surface area contributed by atoms with Crippen LogP contribution in [0, 0.1) is 5.92 Å². The average molecular weight is 296 g/mol. The van der Waals surface area contributed by atoms with Crippen LogP contribution in [0.25, 0.3) is 0 Å². The molecule has 0 spiro atoms. The van der Waals surface area contributed by atoms with Gasteiger partial charge in [-0.3, -0.25) is 4.79 Å². The van der Waals surface area contributed by atoms with Crippen LogP contribution in [0.3, 0.4) is 0 Å². The van der Waals surface area contributed by atoms with Crippen molar-refractivity contribution in [2.75, 3.05) is 19.3 Å². The van der Waals surface area contributed by atoms with Crippen LogP contribution in [0.2, 0.25) is 0 Å². The van der Waals surface area contributed by atoms with Gasteiger partial charge in [0.1, 0.15) is 0 Å². The van der Waals surface area contributed by atoms with E-state index in [1.165, 1.54) is 6.26 Å². The summed E-state index contributed by atoms with van der Waals surface area (Å²) in [5, 5.41) is 6.07. The fourth-order valence-electron chi connectivity index (χ4n) is 2.14. The van der Waals surface area contributed by atoms with Gasteiger partial charge in [0.25, 0.3) is 0 Å². The molecule has 1 heterocycles. The number of amides is 1. The Bertz CT molecular complexity index is 577. The summed E-state index contributed by atoms with van der Waals surface area (Å²) in [5.41, 5.74) is 0.900. The number of carbonyl (C=O) groups excluding carboxylic acids is 1. The molecule has 0 radical (unpaired) electrons. The third kappa shape index (κ3) is 3.80. The third-order valence-corrected chi connectivity index (χ3v) is 4.65. The quantitative estimate of drug-likeness (QED) is 0.845. The molecule has 1 amide bonds. The molecule has 1 atom stereocenters.